The summed E-state index contributed by atoms with van der Waals surface area (Å²) >= 11 is 8.15. The summed E-state index contributed by atoms with van der Waals surface area (Å²) in [6.45, 7) is 2.71. The number of halogens is 1. The Bertz CT molecular complexity index is 409. The third kappa shape index (κ3) is 4.16. The number of thiocarbonyl (C=S) groups is 1. The molecule has 4 nitrogen and oxygen atoms in total. The number of phenols is 1. The molecule has 16 heavy (non-hydrogen) atoms. The van der Waals surface area contributed by atoms with Crippen molar-refractivity contribution in [3.05, 3.63) is 28.2 Å². The molecule has 0 aliphatic carbocycles. The smallest absolute Gasteiger partial charge is 0.186 e. The fourth-order valence-electron chi connectivity index (χ4n) is 0.969. The highest BCUT2D eigenvalue weighted by Crippen LogP contribution is 2.23. The lowest BCUT2D eigenvalue weighted by Crippen LogP contribution is -2.31. The topological polar surface area (TPSA) is 56.7 Å². The molecule has 0 atom stereocenters. The lowest BCUT2D eigenvalue weighted by atomic mass is 10.2. The monoisotopic (exact) mass is 301 g/mol. The van der Waals surface area contributed by atoms with Crippen LogP contribution in [0.3, 0.4) is 0 Å². The minimum Gasteiger partial charge on any atom is -0.507 e. The van der Waals surface area contributed by atoms with Crippen LogP contribution in [0.4, 0.5) is 0 Å². The summed E-state index contributed by atoms with van der Waals surface area (Å²) in [5.41, 5.74) is 3.54. The van der Waals surface area contributed by atoms with E-state index in [9.17, 15) is 5.11 Å². The molecule has 6 heteroatoms. The highest BCUT2D eigenvalue weighted by atomic mass is 79.9. The molecule has 0 radical (unpaired) electrons. The van der Waals surface area contributed by atoms with E-state index in [0.717, 1.165) is 12.1 Å². The van der Waals surface area contributed by atoms with Gasteiger partial charge in [0.15, 0.2) is 5.11 Å². The van der Waals surface area contributed by atoms with Crippen LogP contribution in [-0.2, 0) is 0 Å². The third-order valence-corrected chi connectivity index (χ3v) is 2.56. The second kappa shape index (κ2) is 6.44. The van der Waals surface area contributed by atoms with Gasteiger partial charge in [0.05, 0.1) is 10.7 Å². The molecule has 1 aromatic rings. The van der Waals surface area contributed by atoms with Crippen LogP contribution in [-0.4, -0.2) is 23.0 Å². The van der Waals surface area contributed by atoms with Gasteiger partial charge in [0.2, 0.25) is 0 Å². The van der Waals surface area contributed by atoms with Crippen molar-refractivity contribution < 1.29 is 5.11 Å². The quantitative estimate of drug-likeness (QED) is 0.454. The maximum atomic E-state index is 9.29. The van der Waals surface area contributed by atoms with E-state index < -0.39 is 0 Å². The van der Waals surface area contributed by atoms with Crippen LogP contribution in [0.1, 0.15) is 12.5 Å². The van der Waals surface area contributed by atoms with Crippen LogP contribution in [0.15, 0.2) is 27.8 Å². The van der Waals surface area contributed by atoms with Crippen molar-refractivity contribution in [2.24, 2.45) is 5.10 Å². The average molecular weight is 302 g/mol. The van der Waals surface area contributed by atoms with Crippen molar-refractivity contribution in [2.45, 2.75) is 6.92 Å². The molecule has 0 spiro atoms. The number of rotatable bonds is 3. The zero-order valence-corrected chi connectivity index (χ0v) is 11.1. The highest BCUT2D eigenvalue weighted by molar-refractivity contribution is 9.10. The Hall–Kier alpha value is -1.14. The Morgan fingerprint density at radius 2 is 2.38 bits per heavy atom. The molecule has 0 heterocycles. The number of nitrogens with one attached hydrogen (secondary N) is 2. The van der Waals surface area contributed by atoms with Crippen molar-refractivity contribution >= 4 is 39.5 Å². The summed E-state index contributed by atoms with van der Waals surface area (Å²) in [6, 6.07) is 5.10. The number of hydrogen-bond donors (Lipinski definition) is 3. The Morgan fingerprint density at radius 1 is 1.62 bits per heavy atom. The Morgan fingerprint density at radius 3 is 3.00 bits per heavy atom. The standard InChI is InChI=1S/C10H12BrN3OS/c1-2-12-10(16)14-13-6-7-3-4-9(15)8(11)5-7/h3-6,15H,2H2,1H3,(H2,12,14,16)/b13-6+. The molecule has 1 rings (SSSR count). The van der Waals surface area contributed by atoms with E-state index >= 15 is 0 Å². The van der Waals surface area contributed by atoms with Crippen molar-refractivity contribution in [1.82, 2.24) is 10.7 Å². The number of phenolic OH excluding ortho intramolecular Hbond substituents is 1. The summed E-state index contributed by atoms with van der Waals surface area (Å²) in [6.07, 6.45) is 1.62. The first-order chi connectivity index (χ1) is 7.63. The molecule has 1 aromatic carbocycles. The fraction of sp³-hybridized carbons (Fsp3) is 0.200. The van der Waals surface area contributed by atoms with E-state index in [1.807, 2.05) is 6.92 Å². The van der Waals surface area contributed by atoms with Crippen LogP contribution < -0.4 is 10.7 Å². The van der Waals surface area contributed by atoms with Gasteiger partial charge in [-0.1, -0.05) is 0 Å². The molecule has 86 valence electrons. The number of benzene rings is 1. The van der Waals surface area contributed by atoms with Gasteiger partial charge >= 0.3 is 0 Å². The third-order valence-electron chi connectivity index (χ3n) is 1.69. The van der Waals surface area contributed by atoms with Crippen LogP contribution >= 0.6 is 28.1 Å². The van der Waals surface area contributed by atoms with E-state index in [0.29, 0.717) is 9.59 Å². The molecule has 3 N–H and O–H groups in total. The van der Waals surface area contributed by atoms with E-state index in [2.05, 4.69) is 31.8 Å². The molecule has 0 saturated heterocycles. The lowest BCUT2D eigenvalue weighted by Gasteiger charge is -2.02. The first kappa shape index (κ1) is 12.9. The van der Waals surface area contributed by atoms with Gasteiger partial charge in [0.1, 0.15) is 5.75 Å². The predicted octanol–water partition coefficient (Wildman–Crippen LogP) is 1.97. The Kier molecular flexibility index (Phi) is 5.21. The van der Waals surface area contributed by atoms with E-state index in [4.69, 9.17) is 12.2 Å². The fourth-order valence-corrected chi connectivity index (χ4v) is 1.56. The minimum atomic E-state index is 0.202. The van der Waals surface area contributed by atoms with Gasteiger partial charge in [0, 0.05) is 6.54 Å². The molecule has 0 unspecified atom stereocenters. The summed E-state index contributed by atoms with van der Waals surface area (Å²) in [7, 11) is 0. The lowest BCUT2D eigenvalue weighted by molar-refractivity contribution is 0.472. The van der Waals surface area contributed by atoms with Crippen molar-refractivity contribution in [1.29, 1.82) is 0 Å². The Labute approximate surface area is 108 Å². The number of nitrogens with zero attached hydrogens (tertiary/aromatic N) is 1. The summed E-state index contributed by atoms with van der Waals surface area (Å²) < 4.78 is 0.630. The van der Waals surface area contributed by atoms with Gasteiger partial charge < -0.3 is 10.4 Å². The maximum absolute atomic E-state index is 9.29. The van der Waals surface area contributed by atoms with E-state index in [-0.39, 0.29) is 5.75 Å². The largest absolute Gasteiger partial charge is 0.507 e. The van der Waals surface area contributed by atoms with Crippen molar-refractivity contribution in [3.8, 4) is 5.75 Å². The van der Waals surface area contributed by atoms with Gasteiger partial charge in [-0.2, -0.15) is 5.10 Å². The van der Waals surface area contributed by atoms with E-state index in [1.165, 1.54) is 0 Å². The normalized spacial score (nSPS) is 10.4. The molecule has 0 bridgehead atoms. The minimum absolute atomic E-state index is 0.202. The summed E-state index contributed by atoms with van der Waals surface area (Å²) in [5.74, 6) is 0.202. The second-order valence-electron chi connectivity index (χ2n) is 2.94. The van der Waals surface area contributed by atoms with Gasteiger partial charge in [-0.05, 0) is 58.8 Å². The predicted molar refractivity (Wildman–Crippen MR) is 72.8 cm³/mol. The average Bonchev–Trinajstić information content (AvgIpc) is 2.24. The molecule has 0 amide bonds. The SMILES string of the molecule is CCNC(=S)N/N=C/c1ccc(O)c(Br)c1. The van der Waals surface area contributed by atoms with Gasteiger partial charge in [-0.3, -0.25) is 5.43 Å². The van der Waals surface area contributed by atoms with Crippen LogP contribution in [0.5, 0.6) is 5.75 Å². The van der Waals surface area contributed by atoms with Crippen LogP contribution in [0.25, 0.3) is 0 Å². The molecule has 0 saturated carbocycles. The molecule has 0 aliphatic heterocycles. The number of hydrazone groups is 1. The molecular weight excluding hydrogens is 290 g/mol. The number of aromatic hydroxyl groups is 1. The molecule has 0 aromatic heterocycles. The van der Waals surface area contributed by atoms with Crippen molar-refractivity contribution in [3.63, 3.8) is 0 Å². The second-order valence-corrected chi connectivity index (χ2v) is 4.20. The van der Waals surface area contributed by atoms with Crippen molar-refractivity contribution in [2.75, 3.05) is 6.54 Å². The number of hydrogen-bond acceptors (Lipinski definition) is 3. The molecular formula is C10H12BrN3OS. The maximum Gasteiger partial charge on any atom is 0.186 e. The zero-order chi connectivity index (χ0) is 12.0. The Balaban J connectivity index is 2.56. The van der Waals surface area contributed by atoms with Gasteiger partial charge in [-0.25, -0.2) is 0 Å². The first-order valence-electron chi connectivity index (χ1n) is 4.69. The van der Waals surface area contributed by atoms with Crippen LogP contribution in [0.2, 0.25) is 0 Å². The van der Waals surface area contributed by atoms with Gasteiger partial charge in [-0.15, -0.1) is 0 Å². The summed E-state index contributed by atoms with van der Waals surface area (Å²) in [5, 5.41) is 16.6. The molecule has 0 aliphatic rings. The van der Waals surface area contributed by atoms with Crippen LogP contribution in [0, 0.1) is 0 Å². The molecule has 0 fully saturated rings. The summed E-state index contributed by atoms with van der Waals surface area (Å²) in [4.78, 5) is 0. The zero-order valence-electron chi connectivity index (χ0n) is 8.70. The van der Waals surface area contributed by atoms with E-state index in [1.54, 1.807) is 24.4 Å². The van der Waals surface area contributed by atoms with Gasteiger partial charge in [0.25, 0.3) is 0 Å². The first-order valence-corrected chi connectivity index (χ1v) is 5.89. The highest BCUT2D eigenvalue weighted by Gasteiger charge is 1.97.